The van der Waals surface area contributed by atoms with Crippen molar-refractivity contribution < 1.29 is 14.1 Å². The molecule has 1 heterocycles. The van der Waals surface area contributed by atoms with E-state index in [-0.39, 0.29) is 5.91 Å². The monoisotopic (exact) mass is 351 g/mol. The number of benzene rings is 2. The van der Waals surface area contributed by atoms with E-state index in [4.69, 9.17) is 9.26 Å². The van der Waals surface area contributed by atoms with Gasteiger partial charge in [0, 0.05) is 37.0 Å². The summed E-state index contributed by atoms with van der Waals surface area (Å²) in [4.78, 5) is 14.3. The molecule has 6 heteroatoms. The fourth-order valence-electron chi connectivity index (χ4n) is 2.48. The maximum absolute atomic E-state index is 12.3. The number of hydrogen-bond donors (Lipinski definition) is 1. The maximum atomic E-state index is 12.3. The Morgan fingerprint density at radius 3 is 2.62 bits per heavy atom. The third-order valence-electron chi connectivity index (χ3n) is 3.99. The van der Waals surface area contributed by atoms with Crippen LogP contribution in [0.5, 0.6) is 5.75 Å². The van der Waals surface area contributed by atoms with E-state index in [1.165, 1.54) is 0 Å². The molecule has 3 rings (SSSR count). The van der Waals surface area contributed by atoms with Gasteiger partial charge < -0.3 is 19.5 Å². The van der Waals surface area contributed by atoms with Crippen LogP contribution in [0.4, 0.5) is 5.69 Å². The number of nitrogens with one attached hydrogen (secondary N) is 1. The Morgan fingerprint density at radius 2 is 1.92 bits per heavy atom. The molecule has 0 unspecified atom stereocenters. The van der Waals surface area contributed by atoms with Crippen molar-refractivity contribution >= 4 is 11.6 Å². The molecule has 6 nitrogen and oxygen atoms in total. The van der Waals surface area contributed by atoms with Crippen LogP contribution in [0.15, 0.2) is 59.1 Å². The van der Waals surface area contributed by atoms with Crippen molar-refractivity contribution in [2.24, 2.45) is 0 Å². The second-order valence-electron chi connectivity index (χ2n) is 6.04. The average molecular weight is 351 g/mol. The van der Waals surface area contributed by atoms with E-state index in [2.05, 4.69) is 10.5 Å². The van der Waals surface area contributed by atoms with Gasteiger partial charge in [-0.05, 0) is 42.5 Å². The second kappa shape index (κ2) is 7.74. The highest BCUT2D eigenvalue weighted by molar-refractivity contribution is 5.95. The molecule has 0 fully saturated rings. The molecule has 0 atom stereocenters. The number of amides is 1. The van der Waals surface area contributed by atoms with E-state index >= 15 is 0 Å². The van der Waals surface area contributed by atoms with Crippen LogP contribution >= 0.6 is 0 Å². The zero-order chi connectivity index (χ0) is 18.5. The van der Waals surface area contributed by atoms with Crippen LogP contribution in [0.2, 0.25) is 0 Å². The zero-order valence-electron chi connectivity index (χ0n) is 15.0. The first-order valence-electron chi connectivity index (χ1n) is 8.22. The quantitative estimate of drug-likeness (QED) is 0.738. The van der Waals surface area contributed by atoms with Crippen molar-refractivity contribution in [2.75, 3.05) is 26.1 Å². The van der Waals surface area contributed by atoms with Crippen molar-refractivity contribution in [1.82, 2.24) is 10.5 Å². The minimum atomic E-state index is -0.150. The van der Waals surface area contributed by atoms with Crippen LogP contribution in [-0.4, -0.2) is 32.3 Å². The predicted octanol–water partition coefficient (Wildman–Crippen LogP) is 3.35. The molecular weight excluding hydrogens is 330 g/mol. The zero-order valence-corrected chi connectivity index (χ0v) is 15.0. The number of nitrogens with zero attached hydrogens (tertiary/aromatic N) is 2. The fourth-order valence-corrected chi connectivity index (χ4v) is 2.48. The standard InChI is InChI=1S/C20H21N3O3/c1-23(2)17-6-4-5-15(11-17)20(24)21-13-16-12-19(26-22-16)14-7-9-18(25-3)10-8-14/h4-12H,13H2,1-3H3,(H,21,24). The van der Waals surface area contributed by atoms with Crippen LogP contribution in [0.1, 0.15) is 16.1 Å². The van der Waals surface area contributed by atoms with Gasteiger partial charge in [-0.3, -0.25) is 4.79 Å². The van der Waals surface area contributed by atoms with Crippen LogP contribution in [0.3, 0.4) is 0 Å². The third kappa shape index (κ3) is 4.03. The minimum Gasteiger partial charge on any atom is -0.497 e. The summed E-state index contributed by atoms with van der Waals surface area (Å²) >= 11 is 0. The van der Waals surface area contributed by atoms with Crippen molar-refractivity contribution in [3.05, 3.63) is 65.9 Å². The fraction of sp³-hybridized carbons (Fsp3) is 0.200. The molecule has 26 heavy (non-hydrogen) atoms. The third-order valence-corrected chi connectivity index (χ3v) is 3.99. The highest BCUT2D eigenvalue weighted by Crippen LogP contribution is 2.23. The first-order chi connectivity index (χ1) is 12.6. The van der Waals surface area contributed by atoms with Gasteiger partial charge in [-0.2, -0.15) is 0 Å². The van der Waals surface area contributed by atoms with Gasteiger partial charge in [-0.15, -0.1) is 0 Å². The lowest BCUT2D eigenvalue weighted by atomic mass is 10.1. The van der Waals surface area contributed by atoms with E-state index in [1.54, 1.807) is 13.2 Å². The normalized spacial score (nSPS) is 10.4. The number of methoxy groups -OCH3 is 1. The molecule has 0 aliphatic heterocycles. The van der Waals surface area contributed by atoms with Crippen LogP contribution in [-0.2, 0) is 6.54 Å². The molecule has 1 amide bonds. The largest absolute Gasteiger partial charge is 0.497 e. The molecule has 1 aromatic heterocycles. The lowest BCUT2D eigenvalue weighted by molar-refractivity contribution is 0.0950. The molecular formula is C20H21N3O3. The van der Waals surface area contributed by atoms with Crippen LogP contribution < -0.4 is 15.0 Å². The topological polar surface area (TPSA) is 67.6 Å². The van der Waals surface area contributed by atoms with Gasteiger partial charge >= 0.3 is 0 Å². The Hall–Kier alpha value is -3.28. The second-order valence-corrected chi connectivity index (χ2v) is 6.04. The number of ether oxygens (including phenoxy) is 1. The van der Waals surface area contributed by atoms with Gasteiger partial charge in [0.25, 0.3) is 5.91 Å². The molecule has 0 aliphatic rings. The molecule has 0 saturated heterocycles. The maximum Gasteiger partial charge on any atom is 0.251 e. The summed E-state index contributed by atoms with van der Waals surface area (Å²) in [6.07, 6.45) is 0. The molecule has 0 aliphatic carbocycles. The molecule has 0 radical (unpaired) electrons. The number of hydrogen-bond acceptors (Lipinski definition) is 5. The lowest BCUT2D eigenvalue weighted by Crippen LogP contribution is -2.23. The van der Waals surface area contributed by atoms with Crippen molar-refractivity contribution in [3.8, 4) is 17.1 Å². The SMILES string of the molecule is COc1ccc(-c2cc(CNC(=O)c3cccc(N(C)C)c3)no2)cc1. The Labute approximate surface area is 152 Å². The minimum absolute atomic E-state index is 0.150. The van der Waals surface area contributed by atoms with E-state index in [0.717, 1.165) is 17.0 Å². The summed E-state index contributed by atoms with van der Waals surface area (Å²) in [5.41, 5.74) is 3.14. The molecule has 0 saturated carbocycles. The number of rotatable bonds is 6. The summed E-state index contributed by atoms with van der Waals surface area (Å²) in [6, 6.07) is 16.8. The summed E-state index contributed by atoms with van der Waals surface area (Å²) < 4.78 is 10.5. The van der Waals surface area contributed by atoms with E-state index in [0.29, 0.717) is 23.6 Å². The highest BCUT2D eigenvalue weighted by atomic mass is 16.5. The van der Waals surface area contributed by atoms with Crippen molar-refractivity contribution in [2.45, 2.75) is 6.54 Å². The summed E-state index contributed by atoms with van der Waals surface area (Å²) in [6.45, 7) is 0.296. The van der Waals surface area contributed by atoms with E-state index < -0.39 is 0 Å². The first kappa shape index (κ1) is 17.5. The number of carbonyl (C=O) groups excluding carboxylic acids is 1. The van der Waals surface area contributed by atoms with Gasteiger partial charge in [0.2, 0.25) is 0 Å². The molecule has 1 N–H and O–H groups in total. The Bertz CT molecular complexity index is 885. The van der Waals surface area contributed by atoms with Crippen molar-refractivity contribution in [1.29, 1.82) is 0 Å². The van der Waals surface area contributed by atoms with Crippen molar-refractivity contribution in [3.63, 3.8) is 0 Å². The van der Waals surface area contributed by atoms with Crippen LogP contribution in [0, 0.1) is 0 Å². The van der Waals surface area contributed by atoms with Gasteiger partial charge in [-0.1, -0.05) is 11.2 Å². The molecule has 2 aromatic carbocycles. The molecule has 0 bridgehead atoms. The Balaban J connectivity index is 1.64. The predicted molar refractivity (Wildman–Crippen MR) is 100 cm³/mol. The number of anilines is 1. The molecule has 134 valence electrons. The summed E-state index contributed by atoms with van der Waals surface area (Å²) in [5.74, 6) is 1.27. The first-order valence-corrected chi connectivity index (χ1v) is 8.22. The van der Waals surface area contributed by atoms with Gasteiger partial charge in [0.1, 0.15) is 11.4 Å². The number of aromatic nitrogens is 1. The number of carbonyl (C=O) groups is 1. The summed E-state index contributed by atoms with van der Waals surface area (Å²) in [5, 5.41) is 6.88. The van der Waals surface area contributed by atoms with Gasteiger partial charge in [0.15, 0.2) is 5.76 Å². The smallest absolute Gasteiger partial charge is 0.251 e. The Kier molecular flexibility index (Phi) is 5.22. The van der Waals surface area contributed by atoms with Gasteiger partial charge in [0.05, 0.1) is 13.7 Å². The molecule has 0 spiro atoms. The van der Waals surface area contributed by atoms with E-state index in [9.17, 15) is 4.79 Å². The molecule has 3 aromatic rings. The van der Waals surface area contributed by atoms with Gasteiger partial charge in [-0.25, -0.2) is 0 Å². The van der Waals surface area contributed by atoms with Crippen LogP contribution in [0.25, 0.3) is 11.3 Å². The van der Waals surface area contributed by atoms with E-state index in [1.807, 2.05) is 67.5 Å². The highest BCUT2D eigenvalue weighted by Gasteiger charge is 2.10. The average Bonchev–Trinajstić information content (AvgIpc) is 3.15. The summed E-state index contributed by atoms with van der Waals surface area (Å²) in [7, 11) is 5.50. The Morgan fingerprint density at radius 1 is 1.15 bits per heavy atom. The lowest BCUT2D eigenvalue weighted by Gasteiger charge is -2.13.